The zero-order chi connectivity index (χ0) is 23.1. The van der Waals surface area contributed by atoms with Crippen molar-refractivity contribution >= 4 is 23.5 Å². The van der Waals surface area contributed by atoms with E-state index in [-0.39, 0.29) is 0 Å². The van der Waals surface area contributed by atoms with Crippen molar-refractivity contribution in [2.24, 2.45) is 5.10 Å². The van der Waals surface area contributed by atoms with Gasteiger partial charge >= 0.3 is 6.18 Å². The fraction of sp³-hybridized carbons (Fsp3) is 0.150. The lowest BCUT2D eigenvalue weighted by atomic mass is 10.1. The first-order chi connectivity index (χ1) is 14.4. The lowest BCUT2D eigenvalue weighted by molar-refractivity contribution is -0.143. The van der Waals surface area contributed by atoms with Gasteiger partial charge in [0.25, 0.3) is 0 Å². The molecular formula is C20H13ClF7N3. The first-order valence-electron chi connectivity index (χ1n) is 8.60. The molecule has 0 atom stereocenters. The molecule has 0 aliphatic carbocycles. The second-order valence-corrected chi connectivity index (χ2v) is 6.95. The maximum atomic E-state index is 13.9. The lowest BCUT2D eigenvalue weighted by Gasteiger charge is -2.13. The number of alkyl halides is 3. The van der Waals surface area contributed by atoms with E-state index < -0.39 is 40.7 Å². The third-order valence-corrected chi connectivity index (χ3v) is 4.73. The number of benzene rings is 2. The molecule has 0 radical (unpaired) electrons. The molecule has 1 heterocycles. The Balaban J connectivity index is 1.93. The highest BCUT2D eigenvalue weighted by molar-refractivity contribution is 6.30. The molecule has 0 unspecified atom stereocenters. The van der Waals surface area contributed by atoms with Crippen LogP contribution in [0.5, 0.6) is 0 Å². The summed E-state index contributed by atoms with van der Waals surface area (Å²) in [5.74, 6) is -9.61. The van der Waals surface area contributed by atoms with Gasteiger partial charge in [0.05, 0.1) is 6.21 Å². The van der Waals surface area contributed by atoms with Gasteiger partial charge < -0.3 is 4.57 Å². The lowest BCUT2D eigenvalue weighted by Crippen LogP contribution is -2.16. The van der Waals surface area contributed by atoms with E-state index in [4.69, 9.17) is 11.6 Å². The van der Waals surface area contributed by atoms with Crippen LogP contribution in [0.4, 0.5) is 36.4 Å². The van der Waals surface area contributed by atoms with Gasteiger partial charge in [-0.2, -0.15) is 18.3 Å². The van der Waals surface area contributed by atoms with Gasteiger partial charge in [0.2, 0.25) is 0 Å². The molecule has 0 aliphatic heterocycles. The van der Waals surface area contributed by atoms with Crippen LogP contribution in [-0.2, 0) is 6.18 Å². The summed E-state index contributed by atoms with van der Waals surface area (Å²) in [4.78, 5) is 0. The Morgan fingerprint density at radius 2 is 1.48 bits per heavy atom. The van der Waals surface area contributed by atoms with Crippen LogP contribution in [0.1, 0.15) is 22.5 Å². The Hall–Kier alpha value is -3.01. The SMILES string of the molecule is Cc1cc(/C=N/Nc2c(F)c(F)c(C(F)(F)F)c(F)c2F)c(C)n1-c1ccc(Cl)cc1. The summed E-state index contributed by atoms with van der Waals surface area (Å²) in [6.07, 6.45) is -4.50. The standard InChI is InChI=1S/C20H13ClF7N3/c1-9-7-11(10(2)31(9)13-5-3-12(21)4-6-13)8-29-30-19-17(24)15(22)14(20(26,27)28)16(23)18(19)25/h3-8,30H,1-2H3/b29-8+. The van der Waals surface area contributed by atoms with Gasteiger partial charge in [-0.15, -0.1) is 0 Å². The molecule has 1 N–H and O–H groups in total. The van der Waals surface area contributed by atoms with E-state index in [1.54, 1.807) is 49.6 Å². The number of halogens is 8. The van der Waals surface area contributed by atoms with Crippen LogP contribution >= 0.6 is 11.6 Å². The molecule has 1 aromatic heterocycles. The van der Waals surface area contributed by atoms with E-state index in [1.165, 1.54) is 0 Å². The number of aryl methyl sites for hydroxylation is 1. The van der Waals surface area contributed by atoms with E-state index in [9.17, 15) is 30.7 Å². The van der Waals surface area contributed by atoms with Crippen molar-refractivity contribution in [1.82, 2.24) is 4.57 Å². The van der Waals surface area contributed by atoms with Crippen molar-refractivity contribution in [2.45, 2.75) is 20.0 Å². The first-order valence-corrected chi connectivity index (χ1v) is 8.98. The monoisotopic (exact) mass is 463 g/mol. The summed E-state index contributed by atoms with van der Waals surface area (Å²) in [5, 5.41) is 4.07. The van der Waals surface area contributed by atoms with Crippen LogP contribution in [0.3, 0.4) is 0 Å². The Labute approximate surface area is 176 Å². The highest BCUT2D eigenvalue weighted by atomic mass is 35.5. The van der Waals surface area contributed by atoms with Gasteiger partial charge in [0.1, 0.15) is 11.3 Å². The summed E-state index contributed by atoms with van der Waals surface area (Å²) < 4.78 is 95.0. The van der Waals surface area contributed by atoms with E-state index in [0.717, 1.165) is 17.6 Å². The molecule has 0 aliphatic rings. The fourth-order valence-corrected chi connectivity index (χ4v) is 3.18. The Bertz CT molecular complexity index is 1140. The van der Waals surface area contributed by atoms with Crippen LogP contribution < -0.4 is 5.43 Å². The second kappa shape index (κ2) is 8.26. The van der Waals surface area contributed by atoms with E-state index in [1.807, 2.05) is 4.57 Å². The summed E-state index contributed by atoms with van der Waals surface area (Å²) in [5.41, 5.74) is 0.294. The molecule has 0 bridgehead atoms. The largest absolute Gasteiger partial charge is 0.422 e. The Morgan fingerprint density at radius 1 is 0.935 bits per heavy atom. The highest BCUT2D eigenvalue weighted by Gasteiger charge is 2.42. The van der Waals surface area contributed by atoms with Crippen LogP contribution in [0, 0.1) is 37.1 Å². The molecular weight excluding hydrogens is 451 g/mol. The van der Waals surface area contributed by atoms with E-state index in [0.29, 0.717) is 16.3 Å². The third kappa shape index (κ3) is 4.25. The predicted molar refractivity (Wildman–Crippen MR) is 103 cm³/mol. The van der Waals surface area contributed by atoms with E-state index >= 15 is 0 Å². The molecule has 31 heavy (non-hydrogen) atoms. The summed E-state index contributed by atoms with van der Waals surface area (Å²) >= 11 is 5.88. The third-order valence-electron chi connectivity index (χ3n) is 4.48. The molecule has 0 spiro atoms. The highest BCUT2D eigenvalue weighted by Crippen LogP contribution is 2.38. The summed E-state index contributed by atoms with van der Waals surface area (Å²) in [6.45, 7) is 3.51. The second-order valence-electron chi connectivity index (χ2n) is 6.51. The zero-order valence-corrected chi connectivity index (χ0v) is 16.6. The van der Waals surface area contributed by atoms with Gasteiger partial charge in [0.15, 0.2) is 23.3 Å². The Kier molecular flexibility index (Phi) is 6.04. The van der Waals surface area contributed by atoms with Gasteiger partial charge in [0, 0.05) is 27.7 Å². The fourth-order valence-electron chi connectivity index (χ4n) is 3.05. The first kappa shape index (κ1) is 22.7. The minimum Gasteiger partial charge on any atom is -0.318 e. The van der Waals surface area contributed by atoms with Crippen LogP contribution in [0.15, 0.2) is 35.4 Å². The van der Waals surface area contributed by atoms with Crippen LogP contribution in [0.2, 0.25) is 5.02 Å². The summed E-state index contributed by atoms with van der Waals surface area (Å²) in [6, 6.07) is 8.57. The molecule has 3 nitrogen and oxygen atoms in total. The maximum Gasteiger partial charge on any atom is 0.422 e. The molecule has 2 aromatic carbocycles. The zero-order valence-electron chi connectivity index (χ0n) is 15.9. The number of hydrazone groups is 1. The molecule has 164 valence electrons. The van der Waals surface area contributed by atoms with Crippen molar-refractivity contribution in [3.05, 3.63) is 81.1 Å². The average Bonchev–Trinajstić information content (AvgIpc) is 2.96. The smallest absolute Gasteiger partial charge is 0.318 e. The minimum absolute atomic E-state index is 0.480. The Morgan fingerprint density at radius 3 is 2.00 bits per heavy atom. The van der Waals surface area contributed by atoms with E-state index in [2.05, 4.69) is 5.10 Å². The van der Waals surface area contributed by atoms with Crippen molar-refractivity contribution < 1.29 is 30.7 Å². The number of nitrogens with one attached hydrogen (secondary N) is 1. The number of nitrogens with zero attached hydrogens (tertiary/aromatic N) is 2. The molecule has 0 fully saturated rings. The normalized spacial score (nSPS) is 12.1. The molecule has 3 aromatic rings. The van der Waals surface area contributed by atoms with Crippen molar-refractivity contribution in [1.29, 1.82) is 0 Å². The van der Waals surface area contributed by atoms with Gasteiger partial charge in [-0.25, -0.2) is 17.6 Å². The number of hydrogen-bond acceptors (Lipinski definition) is 2. The molecule has 0 amide bonds. The topological polar surface area (TPSA) is 29.3 Å². The van der Waals surface area contributed by atoms with Gasteiger partial charge in [-0.1, -0.05) is 11.6 Å². The molecule has 0 saturated heterocycles. The van der Waals surface area contributed by atoms with Gasteiger partial charge in [-0.05, 0) is 44.2 Å². The number of rotatable bonds is 4. The van der Waals surface area contributed by atoms with Gasteiger partial charge in [-0.3, -0.25) is 5.43 Å². The number of aromatic nitrogens is 1. The van der Waals surface area contributed by atoms with Crippen molar-refractivity contribution in [3.63, 3.8) is 0 Å². The maximum absolute atomic E-state index is 13.9. The van der Waals surface area contributed by atoms with Crippen LogP contribution in [0.25, 0.3) is 5.69 Å². The predicted octanol–water partition coefficient (Wildman–Crippen LogP) is 6.77. The van der Waals surface area contributed by atoms with Crippen molar-refractivity contribution in [2.75, 3.05) is 5.43 Å². The average molecular weight is 464 g/mol. The number of hydrogen-bond donors (Lipinski definition) is 1. The molecule has 3 rings (SSSR count). The summed E-state index contributed by atoms with van der Waals surface area (Å²) in [7, 11) is 0. The molecule has 11 heteroatoms. The van der Waals surface area contributed by atoms with Crippen LogP contribution in [-0.4, -0.2) is 10.8 Å². The quantitative estimate of drug-likeness (QED) is 0.197. The number of anilines is 1. The molecule has 0 saturated carbocycles. The minimum atomic E-state index is -5.61. The van der Waals surface area contributed by atoms with Crippen molar-refractivity contribution in [3.8, 4) is 5.69 Å².